The van der Waals surface area contributed by atoms with Gasteiger partial charge in [-0.3, -0.25) is 0 Å². The zero-order valence-electron chi connectivity index (χ0n) is 6.53. The number of hydrogen-bond acceptors (Lipinski definition) is 3. The first-order chi connectivity index (χ1) is 5.41. The molecule has 0 aliphatic heterocycles. The van der Waals surface area contributed by atoms with Crippen LogP contribution >= 0.6 is 0 Å². The summed E-state index contributed by atoms with van der Waals surface area (Å²) in [6.45, 7) is 3.64. The monoisotopic (exact) mass is 156 g/mol. The summed E-state index contributed by atoms with van der Waals surface area (Å²) in [4.78, 5) is 0. The molecule has 0 spiro atoms. The van der Waals surface area contributed by atoms with Crippen LogP contribution in [0.1, 0.15) is 0 Å². The molecule has 0 unspecified atom stereocenters. The largest absolute Gasteiger partial charge is 0.501 e. The van der Waals surface area contributed by atoms with Gasteiger partial charge < -0.3 is 14.2 Å². The predicted molar refractivity (Wildman–Crippen MR) is 42.5 cm³/mol. The molecular formula is C8H12O3. The summed E-state index contributed by atoms with van der Waals surface area (Å²) in [5.74, 6) is 0. The first-order valence-electron chi connectivity index (χ1n) is 3.10. The van der Waals surface area contributed by atoms with Crippen LogP contribution in [0.3, 0.4) is 0 Å². The molecule has 0 aliphatic rings. The van der Waals surface area contributed by atoms with Gasteiger partial charge in [0.1, 0.15) is 12.5 Å². The lowest BCUT2D eigenvalue weighted by Crippen LogP contribution is -1.87. The van der Waals surface area contributed by atoms with Crippen LogP contribution in [0.5, 0.6) is 0 Å². The van der Waals surface area contributed by atoms with Crippen molar-refractivity contribution in [1.29, 1.82) is 0 Å². The molecule has 0 rings (SSSR count). The third-order valence-electron chi connectivity index (χ3n) is 0.735. The van der Waals surface area contributed by atoms with Gasteiger partial charge in [0.25, 0.3) is 0 Å². The maximum atomic E-state index is 4.84. The molecule has 0 atom stereocenters. The smallest absolute Gasteiger partial charge is 0.229 e. The Morgan fingerprint density at radius 3 is 2.55 bits per heavy atom. The lowest BCUT2D eigenvalue weighted by atomic mass is 10.6. The minimum absolute atomic E-state index is 0.171. The maximum Gasteiger partial charge on any atom is 0.229 e. The zero-order chi connectivity index (χ0) is 8.36. The SMILES string of the molecule is C=CC=COCOC=COC. The summed E-state index contributed by atoms with van der Waals surface area (Å²) in [7, 11) is 1.54. The molecule has 11 heavy (non-hydrogen) atoms. The van der Waals surface area contributed by atoms with Crippen LogP contribution < -0.4 is 0 Å². The van der Waals surface area contributed by atoms with Gasteiger partial charge in [-0.15, -0.1) is 0 Å². The van der Waals surface area contributed by atoms with Gasteiger partial charge in [-0.2, -0.15) is 0 Å². The molecule has 0 heterocycles. The summed E-state index contributed by atoms with van der Waals surface area (Å²) in [6, 6.07) is 0. The van der Waals surface area contributed by atoms with Crippen molar-refractivity contribution in [2.24, 2.45) is 0 Å². The summed E-state index contributed by atoms with van der Waals surface area (Å²) in [5.41, 5.74) is 0. The molecule has 0 N–H and O–H groups in total. The van der Waals surface area contributed by atoms with E-state index in [1.54, 1.807) is 19.3 Å². The Morgan fingerprint density at radius 2 is 1.91 bits per heavy atom. The number of rotatable bonds is 6. The minimum Gasteiger partial charge on any atom is -0.501 e. The van der Waals surface area contributed by atoms with Gasteiger partial charge in [0.15, 0.2) is 0 Å². The van der Waals surface area contributed by atoms with Crippen molar-refractivity contribution in [3.8, 4) is 0 Å². The van der Waals surface area contributed by atoms with Crippen molar-refractivity contribution in [2.75, 3.05) is 13.9 Å². The van der Waals surface area contributed by atoms with Gasteiger partial charge in [-0.25, -0.2) is 0 Å². The molecular weight excluding hydrogens is 144 g/mol. The van der Waals surface area contributed by atoms with Crippen molar-refractivity contribution in [3.63, 3.8) is 0 Å². The van der Waals surface area contributed by atoms with E-state index in [0.717, 1.165) is 0 Å². The van der Waals surface area contributed by atoms with Crippen molar-refractivity contribution in [2.45, 2.75) is 0 Å². The molecule has 0 aromatic heterocycles. The van der Waals surface area contributed by atoms with Crippen LogP contribution in [0, 0.1) is 0 Å². The van der Waals surface area contributed by atoms with E-state index < -0.39 is 0 Å². The summed E-state index contributed by atoms with van der Waals surface area (Å²) >= 11 is 0. The molecule has 3 heteroatoms. The molecule has 0 aromatic rings. The molecule has 0 fully saturated rings. The molecule has 0 saturated carbocycles. The molecule has 0 radical (unpaired) electrons. The summed E-state index contributed by atoms with van der Waals surface area (Å²) < 4.78 is 14.2. The van der Waals surface area contributed by atoms with E-state index in [2.05, 4.69) is 11.3 Å². The highest BCUT2D eigenvalue weighted by Crippen LogP contribution is 1.82. The Bertz CT molecular complexity index is 138. The average Bonchev–Trinajstić information content (AvgIpc) is 2.03. The third-order valence-corrected chi connectivity index (χ3v) is 0.735. The Balaban J connectivity index is 3.08. The van der Waals surface area contributed by atoms with E-state index in [1.165, 1.54) is 18.8 Å². The predicted octanol–water partition coefficient (Wildman–Crippen LogP) is 1.79. The first kappa shape index (κ1) is 9.62. The van der Waals surface area contributed by atoms with Crippen molar-refractivity contribution < 1.29 is 14.2 Å². The molecule has 0 aliphatic carbocycles. The number of hydrogen-bond donors (Lipinski definition) is 0. The fourth-order valence-electron chi connectivity index (χ4n) is 0.324. The lowest BCUT2D eigenvalue weighted by molar-refractivity contribution is 0.0420. The van der Waals surface area contributed by atoms with E-state index in [4.69, 9.17) is 9.47 Å². The van der Waals surface area contributed by atoms with E-state index in [1.807, 2.05) is 0 Å². The van der Waals surface area contributed by atoms with Crippen LogP contribution in [-0.4, -0.2) is 13.9 Å². The molecule has 3 nitrogen and oxygen atoms in total. The Morgan fingerprint density at radius 1 is 1.18 bits per heavy atom. The first-order valence-corrected chi connectivity index (χ1v) is 3.10. The second kappa shape index (κ2) is 8.62. The highest BCUT2D eigenvalue weighted by Gasteiger charge is 1.74. The fourth-order valence-corrected chi connectivity index (χ4v) is 0.324. The lowest BCUT2D eigenvalue weighted by Gasteiger charge is -1.97. The van der Waals surface area contributed by atoms with Gasteiger partial charge >= 0.3 is 0 Å². The van der Waals surface area contributed by atoms with Gasteiger partial charge in [-0.1, -0.05) is 12.7 Å². The second-order valence-corrected chi connectivity index (χ2v) is 1.52. The number of methoxy groups -OCH3 is 1. The highest BCUT2D eigenvalue weighted by atomic mass is 16.7. The molecule has 62 valence electrons. The van der Waals surface area contributed by atoms with Gasteiger partial charge in [0.05, 0.1) is 13.4 Å². The highest BCUT2D eigenvalue weighted by molar-refractivity contribution is 4.92. The topological polar surface area (TPSA) is 27.7 Å². The van der Waals surface area contributed by atoms with Gasteiger partial charge in [0, 0.05) is 0 Å². The molecule has 0 aromatic carbocycles. The quantitative estimate of drug-likeness (QED) is 0.254. The summed E-state index contributed by atoms with van der Waals surface area (Å²) in [6.07, 6.45) is 7.60. The Hall–Kier alpha value is -1.38. The van der Waals surface area contributed by atoms with Crippen LogP contribution in [-0.2, 0) is 14.2 Å². The van der Waals surface area contributed by atoms with E-state index in [9.17, 15) is 0 Å². The Kier molecular flexibility index (Phi) is 7.54. The summed E-state index contributed by atoms with van der Waals surface area (Å²) in [5, 5.41) is 0. The van der Waals surface area contributed by atoms with Crippen molar-refractivity contribution >= 4 is 0 Å². The van der Waals surface area contributed by atoms with E-state index >= 15 is 0 Å². The fraction of sp³-hybridized carbons (Fsp3) is 0.250. The average molecular weight is 156 g/mol. The minimum atomic E-state index is 0.171. The van der Waals surface area contributed by atoms with Crippen molar-refractivity contribution in [1.82, 2.24) is 0 Å². The maximum absolute atomic E-state index is 4.84. The van der Waals surface area contributed by atoms with Crippen molar-refractivity contribution in [3.05, 3.63) is 37.5 Å². The molecule has 0 saturated heterocycles. The van der Waals surface area contributed by atoms with Crippen LogP contribution in [0.4, 0.5) is 0 Å². The normalized spacial score (nSPS) is 10.3. The van der Waals surface area contributed by atoms with Crippen LogP contribution in [0.25, 0.3) is 0 Å². The third kappa shape index (κ3) is 8.62. The van der Waals surface area contributed by atoms with E-state index in [0.29, 0.717) is 0 Å². The number of allylic oxidation sites excluding steroid dienone is 2. The molecule has 0 amide bonds. The van der Waals surface area contributed by atoms with E-state index in [-0.39, 0.29) is 6.79 Å². The van der Waals surface area contributed by atoms with Crippen LogP contribution in [0.2, 0.25) is 0 Å². The van der Waals surface area contributed by atoms with Crippen LogP contribution in [0.15, 0.2) is 37.5 Å². The zero-order valence-corrected chi connectivity index (χ0v) is 6.53. The van der Waals surface area contributed by atoms with Gasteiger partial charge in [0.2, 0.25) is 6.79 Å². The molecule has 0 bridgehead atoms. The second-order valence-electron chi connectivity index (χ2n) is 1.52. The standard InChI is InChI=1S/C8H12O3/c1-3-4-5-10-8-11-7-6-9-2/h3-7H,1,8H2,2H3. The van der Waals surface area contributed by atoms with Gasteiger partial charge in [-0.05, 0) is 6.08 Å². The number of ether oxygens (including phenoxy) is 3. The Labute approximate surface area is 66.6 Å².